The van der Waals surface area contributed by atoms with Crippen molar-refractivity contribution in [3.8, 4) is 5.75 Å². The molecule has 1 saturated carbocycles. The van der Waals surface area contributed by atoms with Gasteiger partial charge in [0.25, 0.3) is 5.91 Å². The molecular weight excluding hydrogens is 356 g/mol. The molecule has 2 N–H and O–H groups in total. The number of carbonyl (C=O) groups excluding carboxylic acids is 2. The van der Waals surface area contributed by atoms with Gasteiger partial charge in [-0.2, -0.15) is 0 Å². The van der Waals surface area contributed by atoms with Gasteiger partial charge < -0.3 is 14.9 Å². The van der Waals surface area contributed by atoms with Crippen molar-refractivity contribution in [2.75, 3.05) is 13.7 Å². The van der Waals surface area contributed by atoms with E-state index in [1.54, 1.807) is 25.3 Å². The Kier molecular flexibility index (Phi) is 5.49. The minimum absolute atomic E-state index is 0.0305. The molecule has 1 amide bonds. The van der Waals surface area contributed by atoms with Crippen LogP contribution < -0.4 is 15.6 Å². The number of hydrazine groups is 1. The minimum atomic E-state index is -0.571. The summed E-state index contributed by atoms with van der Waals surface area (Å²) in [5.41, 5.74) is 7.78. The van der Waals surface area contributed by atoms with E-state index in [1.807, 2.05) is 12.1 Å². The normalized spacial score (nSPS) is 24.7. The molecule has 2 atom stereocenters. The largest absolute Gasteiger partial charge is 0.497 e. The second kappa shape index (κ2) is 7.70. The van der Waals surface area contributed by atoms with Crippen LogP contribution in [0.4, 0.5) is 0 Å². The van der Waals surface area contributed by atoms with Gasteiger partial charge in [-0.05, 0) is 47.9 Å². The number of amides is 1. The lowest BCUT2D eigenvalue weighted by Crippen LogP contribution is -2.44. The Morgan fingerprint density at radius 2 is 1.93 bits per heavy atom. The molecule has 1 fully saturated rings. The van der Waals surface area contributed by atoms with Crippen LogP contribution in [0.25, 0.3) is 6.08 Å². The SMILES string of the molecule is COc1ccc(/C=C/C(=O)OCC(=O)NNC2=C[C@@H]3CC[C@@]2(C)C3(C)C)cc1. The first-order valence-electron chi connectivity index (χ1n) is 9.52. The molecular formula is C22H28N2O4. The Hall–Kier alpha value is -2.76. The Morgan fingerprint density at radius 3 is 2.50 bits per heavy atom. The number of methoxy groups -OCH3 is 1. The van der Waals surface area contributed by atoms with E-state index in [0.29, 0.717) is 5.92 Å². The fraction of sp³-hybridized carbons (Fsp3) is 0.455. The summed E-state index contributed by atoms with van der Waals surface area (Å²) in [7, 11) is 1.59. The fourth-order valence-corrected chi connectivity index (χ4v) is 4.11. The maximum atomic E-state index is 12.0. The van der Waals surface area contributed by atoms with Crippen molar-refractivity contribution in [2.24, 2.45) is 16.7 Å². The smallest absolute Gasteiger partial charge is 0.331 e. The minimum Gasteiger partial charge on any atom is -0.497 e. The van der Waals surface area contributed by atoms with E-state index in [-0.39, 0.29) is 17.4 Å². The summed E-state index contributed by atoms with van der Waals surface area (Å²) >= 11 is 0. The second-order valence-electron chi connectivity index (χ2n) is 8.17. The van der Waals surface area contributed by atoms with Gasteiger partial charge in [0, 0.05) is 17.2 Å². The van der Waals surface area contributed by atoms with Crippen molar-refractivity contribution in [2.45, 2.75) is 33.6 Å². The van der Waals surface area contributed by atoms with E-state index in [1.165, 1.54) is 12.5 Å². The zero-order valence-corrected chi connectivity index (χ0v) is 16.9. The standard InChI is InChI=1S/C22H28N2O4/c1-21(2)16-11-12-22(21,3)18(13-16)23-24-19(25)14-28-20(26)10-7-15-5-8-17(27-4)9-6-15/h5-10,13,16,23H,11-12,14H2,1-4H3,(H,24,25)/b10-7+/t16-,22+/m0/s1. The van der Waals surface area contributed by atoms with Crippen LogP contribution in [0.1, 0.15) is 39.2 Å². The average molecular weight is 384 g/mol. The van der Waals surface area contributed by atoms with E-state index >= 15 is 0 Å². The third-order valence-electron chi connectivity index (χ3n) is 6.48. The molecule has 0 unspecified atom stereocenters. The second-order valence-corrected chi connectivity index (χ2v) is 8.17. The number of allylic oxidation sites excluding steroid dienone is 2. The predicted molar refractivity (Wildman–Crippen MR) is 107 cm³/mol. The third-order valence-corrected chi connectivity index (χ3v) is 6.48. The van der Waals surface area contributed by atoms with Crippen LogP contribution >= 0.6 is 0 Å². The molecule has 1 aromatic carbocycles. The number of benzene rings is 1. The highest BCUT2D eigenvalue weighted by atomic mass is 16.5. The summed E-state index contributed by atoms with van der Waals surface area (Å²) in [6.45, 7) is 6.44. The Morgan fingerprint density at radius 1 is 1.21 bits per heavy atom. The van der Waals surface area contributed by atoms with E-state index in [2.05, 4.69) is 37.7 Å². The lowest BCUT2D eigenvalue weighted by Gasteiger charge is -2.37. The molecule has 150 valence electrons. The van der Waals surface area contributed by atoms with Gasteiger partial charge in [0.15, 0.2) is 6.61 Å². The van der Waals surface area contributed by atoms with Crippen LogP contribution in [0.5, 0.6) is 5.75 Å². The Labute approximate surface area is 165 Å². The van der Waals surface area contributed by atoms with Gasteiger partial charge in [0.05, 0.1) is 7.11 Å². The van der Waals surface area contributed by atoms with E-state index in [0.717, 1.165) is 23.4 Å². The molecule has 0 saturated heterocycles. The maximum Gasteiger partial charge on any atom is 0.331 e. The van der Waals surface area contributed by atoms with Crippen molar-refractivity contribution >= 4 is 18.0 Å². The predicted octanol–water partition coefficient (Wildman–Crippen LogP) is 3.21. The average Bonchev–Trinajstić information content (AvgIpc) is 3.02. The lowest BCUT2D eigenvalue weighted by molar-refractivity contribution is -0.144. The van der Waals surface area contributed by atoms with Crippen LogP contribution in [0, 0.1) is 16.7 Å². The molecule has 2 aliphatic rings. The first kappa shape index (κ1) is 20.0. The lowest BCUT2D eigenvalue weighted by atomic mass is 9.69. The van der Waals surface area contributed by atoms with E-state index in [4.69, 9.17) is 9.47 Å². The molecule has 0 spiro atoms. The number of ether oxygens (including phenoxy) is 2. The molecule has 0 aliphatic heterocycles. The van der Waals surface area contributed by atoms with Crippen molar-refractivity contribution in [3.63, 3.8) is 0 Å². The first-order chi connectivity index (χ1) is 13.3. The fourth-order valence-electron chi connectivity index (χ4n) is 4.11. The summed E-state index contributed by atoms with van der Waals surface area (Å²) in [5.74, 6) is 0.305. The monoisotopic (exact) mass is 384 g/mol. The van der Waals surface area contributed by atoms with Gasteiger partial charge in [-0.3, -0.25) is 10.2 Å². The molecule has 1 aromatic rings. The molecule has 0 heterocycles. The summed E-state index contributed by atoms with van der Waals surface area (Å²) in [6, 6.07) is 7.25. The van der Waals surface area contributed by atoms with Crippen LogP contribution in [0.2, 0.25) is 0 Å². The number of nitrogens with one attached hydrogen (secondary N) is 2. The van der Waals surface area contributed by atoms with E-state index < -0.39 is 11.9 Å². The summed E-state index contributed by atoms with van der Waals surface area (Å²) in [4.78, 5) is 23.8. The number of carbonyl (C=O) groups is 2. The quantitative estimate of drug-likeness (QED) is 0.429. The zero-order valence-electron chi connectivity index (χ0n) is 16.9. The van der Waals surface area contributed by atoms with Crippen molar-refractivity contribution in [1.29, 1.82) is 0 Å². The number of esters is 1. The van der Waals surface area contributed by atoms with Crippen LogP contribution in [-0.2, 0) is 14.3 Å². The molecule has 2 bridgehead atoms. The van der Waals surface area contributed by atoms with Gasteiger partial charge in [0.1, 0.15) is 5.75 Å². The molecule has 28 heavy (non-hydrogen) atoms. The summed E-state index contributed by atoms with van der Waals surface area (Å²) in [5, 5.41) is 0. The molecule has 0 aromatic heterocycles. The molecule has 3 rings (SSSR count). The van der Waals surface area contributed by atoms with Gasteiger partial charge in [0.2, 0.25) is 0 Å². The van der Waals surface area contributed by atoms with Crippen molar-refractivity contribution < 1.29 is 19.1 Å². The zero-order chi connectivity index (χ0) is 20.4. The molecule has 0 radical (unpaired) electrons. The maximum absolute atomic E-state index is 12.0. The highest BCUT2D eigenvalue weighted by Gasteiger charge is 2.57. The van der Waals surface area contributed by atoms with E-state index in [9.17, 15) is 9.59 Å². The highest BCUT2D eigenvalue weighted by molar-refractivity contribution is 5.89. The van der Waals surface area contributed by atoms with Crippen LogP contribution in [0.15, 0.2) is 42.1 Å². The van der Waals surface area contributed by atoms with Crippen molar-refractivity contribution in [3.05, 3.63) is 47.7 Å². The Bertz CT molecular complexity index is 810. The van der Waals surface area contributed by atoms with Gasteiger partial charge in [-0.1, -0.05) is 39.0 Å². The number of fused-ring (bicyclic) bond motifs is 2. The molecule has 6 heteroatoms. The topological polar surface area (TPSA) is 76.7 Å². The van der Waals surface area contributed by atoms with Crippen molar-refractivity contribution in [1.82, 2.24) is 10.9 Å². The van der Waals surface area contributed by atoms with Crippen LogP contribution in [0.3, 0.4) is 0 Å². The number of hydrogen-bond acceptors (Lipinski definition) is 5. The Balaban J connectivity index is 1.43. The summed E-state index contributed by atoms with van der Waals surface area (Å²) in [6.07, 6.45) is 7.42. The first-order valence-corrected chi connectivity index (χ1v) is 9.52. The highest BCUT2D eigenvalue weighted by Crippen LogP contribution is 2.64. The van der Waals surface area contributed by atoms with Gasteiger partial charge in [-0.25, -0.2) is 4.79 Å². The molecule has 2 aliphatic carbocycles. The van der Waals surface area contributed by atoms with Gasteiger partial charge >= 0.3 is 5.97 Å². The number of hydrogen-bond donors (Lipinski definition) is 2. The third kappa shape index (κ3) is 3.77. The molecule has 6 nitrogen and oxygen atoms in total. The van der Waals surface area contributed by atoms with Gasteiger partial charge in [-0.15, -0.1) is 0 Å². The summed E-state index contributed by atoms with van der Waals surface area (Å²) < 4.78 is 10.1. The number of rotatable bonds is 7. The van der Waals surface area contributed by atoms with Crippen LogP contribution in [-0.4, -0.2) is 25.6 Å².